The fourth-order valence-corrected chi connectivity index (χ4v) is 2.00. The number of benzene rings is 2. The van der Waals surface area contributed by atoms with Crippen molar-refractivity contribution >= 4 is 17.5 Å². The first kappa shape index (κ1) is 14.3. The molecule has 0 atom stereocenters. The Morgan fingerprint density at radius 3 is 2.80 bits per heavy atom. The van der Waals surface area contributed by atoms with E-state index in [0.717, 1.165) is 11.6 Å². The summed E-state index contributed by atoms with van der Waals surface area (Å²) < 4.78 is 18.3. The molecular formula is C15H13ClFNO2. The Labute approximate surface area is 121 Å². The van der Waals surface area contributed by atoms with Gasteiger partial charge in [-0.15, -0.1) is 0 Å². The molecule has 0 saturated heterocycles. The Balaban J connectivity index is 2.10. The van der Waals surface area contributed by atoms with Crippen LogP contribution in [0.2, 0.25) is 5.02 Å². The highest BCUT2D eigenvalue weighted by atomic mass is 35.5. The number of nitrogens with one attached hydrogen (secondary N) is 1. The molecular weight excluding hydrogens is 281 g/mol. The lowest BCUT2D eigenvalue weighted by molar-refractivity contribution is 0.0947. The summed E-state index contributed by atoms with van der Waals surface area (Å²) in [6.45, 7) is 0.305. The number of methoxy groups -OCH3 is 1. The Morgan fingerprint density at radius 1 is 1.30 bits per heavy atom. The fraction of sp³-hybridized carbons (Fsp3) is 0.133. The van der Waals surface area contributed by atoms with Crippen molar-refractivity contribution in [2.45, 2.75) is 6.54 Å². The van der Waals surface area contributed by atoms with Crippen LogP contribution in [0.25, 0.3) is 0 Å². The van der Waals surface area contributed by atoms with Crippen molar-refractivity contribution in [3.63, 3.8) is 0 Å². The first-order chi connectivity index (χ1) is 9.60. The van der Waals surface area contributed by atoms with Crippen LogP contribution in [-0.4, -0.2) is 13.0 Å². The van der Waals surface area contributed by atoms with Crippen LogP contribution in [0.4, 0.5) is 4.39 Å². The second kappa shape index (κ2) is 6.39. The second-order valence-corrected chi connectivity index (χ2v) is 4.59. The molecule has 0 radical (unpaired) electrons. The van der Waals surface area contributed by atoms with Crippen LogP contribution in [0.3, 0.4) is 0 Å². The number of rotatable bonds is 4. The first-order valence-electron chi connectivity index (χ1n) is 5.96. The van der Waals surface area contributed by atoms with Crippen LogP contribution in [0, 0.1) is 5.82 Å². The largest absolute Gasteiger partial charge is 0.496 e. The molecule has 20 heavy (non-hydrogen) atoms. The molecule has 0 bridgehead atoms. The number of hydrogen-bond acceptors (Lipinski definition) is 2. The van der Waals surface area contributed by atoms with E-state index >= 15 is 0 Å². The minimum Gasteiger partial charge on any atom is -0.496 e. The van der Waals surface area contributed by atoms with Crippen LogP contribution in [0.1, 0.15) is 15.9 Å². The van der Waals surface area contributed by atoms with Crippen molar-refractivity contribution in [2.75, 3.05) is 7.11 Å². The lowest BCUT2D eigenvalue weighted by Crippen LogP contribution is -2.23. The normalized spacial score (nSPS) is 10.2. The van der Waals surface area contributed by atoms with Gasteiger partial charge in [-0.25, -0.2) is 4.39 Å². The summed E-state index contributed by atoms with van der Waals surface area (Å²) in [5.74, 6) is -0.560. The molecule has 2 aromatic rings. The molecule has 0 spiro atoms. The number of hydrogen-bond donors (Lipinski definition) is 1. The van der Waals surface area contributed by atoms with Gasteiger partial charge in [0.2, 0.25) is 0 Å². The van der Waals surface area contributed by atoms with E-state index in [9.17, 15) is 9.18 Å². The maximum atomic E-state index is 13.2. The van der Waals surface area contributed by atoms with Gasteiger partial charge in [0.25, 0.3) is 5.91 Å². The first-order valence-corrected chi connectivity index (χ1v) is 6.34. The van der Waals surface area contributed by atoms with E-state index in [0.29, 0.717) is 17.3 Å². The van der Waals surface area contributed by atoms with E-state index in [1.807, 2.05) is 6.07 Å². The number of ether oxygens (including phenoxy) is 1. The molecule has 0 heterocycles. The molecule has 1 amide bonds. The van der Waals surface area contributed by atoms with Crippen LogP contribution in [-0.2, 0) is 6.54 Å². The SMILES string of the molecule is COc1ccc(F)cc1C(=O)NCc1cccc(Cl)c1. The summed E-state index contributed by atoms with van der Waals surface area (Å²) in [6, 6.07) is 11.0. The maximum absolute atomic E-state index is 13.2. The van der Waals surface area contributed by atoms with Crippen molar-refractivity contribution in [3.8, 4) is 5.75 Å². The smallest absolute Gasteiger partial charge is 0.255 e. The summed E-state index contributed by atoms with van der Waals surface area (Å²) in [7, 11) is 1.43. The molecule has 2 rings (SSSR count). The standard InChI is InChI=1S/C15H13ClFNO2/c1-20-14-6-5-12(17)8-13(14)15(19)18-9-10-3-2-4-11(16)7-10/h2-8H,9H2,1H3,(H,18,19). The van der Waals surface area contributed by atoms with E-state index in [-0.39, 0.29) is 5.56 Å². The molecule has 1 N–H and O–H groups in total. The van der Waals surface area contributed by atoms with Gasteiger partial charge in [-0.1, -0.05) is 23.7 Å². The zero-order chi connectivity index (χ0) is 14.5. The van der Waals surface area contributed by atoms with E-state index < -0.39 is 11.7 Å². The van der Waals surface area contributed by atoms with Gasteiger partial charge >= 0.3 is 0 Å². The molecule has 5 heteroatoms. The third kappa shape index (κ3) is 3.48. The summed E-state index contributed by atoms with van der Waals surface area (Å²) >= 11 is 5.86. The van der Waals surface area contributed by atoms with Crippen molar-refractivity contribution in [1.82, 2.24) is 5.32 Å². The molecule has 0 aliphatic heterocycles. The van der Waals surface area contributed by atoms with Crippen LogP contribution in [0.5, 0.6) is 5.75 Å². The monoisotopic (exact) mass is 293 g/mol. The Morgan fingerprint density at radius 2 is 2.10 bits per heavy atom. The van der Waals surface area contributed by atoms with Gasteiger partial charge in [-0.05, 0) is 35.9 Å². The van der Waals surface area contributed by atoms with Crippen LogP contribution in [0.15, 0.2) is 42.5 Å². The Kier molecular flexibility index (Phi) is 4.58. The van der Waals surface area contributed by atoms with Gasteiger partial charge in [-0.2, -0.15) is 0 Å². The molecule has 0 saturated carbocycles. The number of carbonyl (C=O) groups is 1. The predicted molar refractivity (Wildman–Crippen MR) is 75.6 cm³/mol. The van der Waals surface area contributed by atoms with Crippen molar-refractivity contribution in [2.24, 2.45) is 0 Å². The third-order valence-electron chi connectivity index (χ3n) is 2.75. The fourth-order valence-electron chi connectivity index (χ4n) is 1.78. The Bertz CT molecular complexity index is 631. The van der Waals surface area contributed by atoms with Crippen molar-refractivity contribution < 1.29 is 13.9 Å². The summed E-state index contributed by atoms with van der Waals surface area (Å²) in [4.78, 5) is 12.0. The zero-order valence-corrected chi connectivity index (χ0v) is 11.6. The second-order valence-electron chi connectivity index (χ2n) is 4.16. The molecule has 104 valence electrons. The van der Waals surface area contributed by atoms with Gasteiger partial charge in [0.1, 0.15) is 11.6 Å². The summed E-state index contributed by atoms with van der Waals surface area (Å²) in [6.07, 6.45) is 0. The van der Waals surface area contributed by atoms with Crippen molar-refractivity contribution in [1.29, 1.82) is 0 Å². The lowest BCUT2D eigenvalue weighted by atomic mass is 10.1. The third-order valence-corrected chi connectivity index (χ3v) is 2.98. The van der Waals surface area contributed by atoms with E-state index in [4.69, 9.17) is 16.3 Å². The predicted octanol–water partition coefficient (Wildman–Crippen LogP) is 3.42. The molecule has 3 nitrogen and oxygen atoms in total. The molecule has 0 aliphatic carbocycles. The highest BCUT2D eigenvalue weighted by molar-refractivity contribution is 6.30. The molecule has 2 aromatic carbocycles. The zero-order valence-electron chi connectivity index (χ0n) is 10.8. The minimum atomic E-state index is -0.487. The van der Waals surface area contributed by atoms with E-state index in [1.54, 1.807) is 18.2 Å². The summed E-state index contributed by atoms with van der Waals surface area (Å²) in [5, 5.41) is 3.30. The average Bonchev–Trinajstić information content (AvgIpc) is 2.45. The van der Waals surface area contributed by atoms with Crippen molar-refractivity contribution in [3.05, 3.63) is 64.4 Å². The van der Waals surface area contributed by atoms with Gasteiger partial charge < -0.3 is 10.1 Å². The number of carbonyl (C=O) groups excluding carboxylic acids is 1. The topological polar surface area (TPSA) is 38.3 Å². The minimum absolute atomic E-state index is 0.162. The number of halogens is 2. The van der Waals surface area contributed by atoms with Gasteiger partial charge in [0.05, 0.1) is 12.7 Å². The highest BCUT2D eigenvalue weighted by Gasteiger charge is 2.13. The maximum Gasteiger partial charge on any atom is 0.255 e. The lowest BCUT2D eigenvalue weighted by Gasteiger charge is -2.09. The number of amides is 1. The quantitative estimate of drug-likeness (QED) is 0.938. The molecule has 0 unspecified atom stereocenters. The van der Waals surface area contributed by atoms with Crippen LogP contribution >= 0.6 is 11.6 Å². The molecule has 0 aliphatic rings. The van der Waals surface area contributed by atoms with Gasteiger partial charge in [-0.3, -0.25) is 4.79 Å². The van der Waals surface area contributed by atoms with E-state index in [2.05, 4.69) is 5.32 Å². The van der Waals surface area contributed by atoms with E-state index in [1.165, 1.54) is 19.2 Å². The van der Waals surface area contributed by atoms with Crippen LogP contribution < -0.4 is 10.1 Å². The molecule has 0 fully saturated rings. The average molecular weight is 294 g/mol. The van der Waals surface area contributed by atoms with Gasteiger partial charge in [0.15, 0.2) is 0 Å². The molecule has 0 aromatic heterocycles. The Hall–Kier alpha value is -2.07. The van der Waals surface area contributed by atoms with Gasteiger partial charge in [0, 0.05) is 11.6 Å². The highest BCUT2D eigenvalue weighted by Crippen LogP contribution is 2.19. The summed E-state index contributed by atoms with van der Waals surface area (Å²) in [5.41, 5.74) is 1.02.